The van der Waals surface area contributed by atoms with Crippen LogP contribution in [0.4, 0.5) is 0 Å². The van der Waals surface area contributed by atoms with Gasteiger partial charge in [0.05, 0.1) is 6.61 Å². The zero-order valence-corrected chi connectivity index (χ0v) is 13.8. The van der Waals surface area contributed by atoms with Gasteiger partial charge in [0.2, 0.25) is 0 Å². The van der Waals surface area contributed by atoms with Gasteiger partial charge >= 0.3 is 13.1 Å². The summed E-state index contributed by atoms with van der Waals surface area (Å²) in [6.07, 6.45) is 0. The molecule has 1 amide bonds. The Hall–Kier alpha value is -2.64. The van der Waals surface area contributed by atoms with Crippen LogP contribution in [0.25, 0.3) is 0 Å². The predicted octanol–water partition coefficient (Wildman–Crippen LogP) is 0.766. The maximum atomic E-state index is 12.3. The van der Waals surface area contributed by atoms with Crippen molar-refractivity contribution in [2.24, 2.45) is 0 Å². The van der Waals surface area contributed by atoms with Crippen LogP contribution in [0.5, 0.6) is 0 Å². The number of carbonyl (C=O) groups is 2. The molecule has 0 unspecified atom stereocenters. The van der Waals surface area contributed by atoms with Gasteiger partial charge in [-0.25, -0.2) is 4.79 Å². The summed E-state index contributed by atoms with van der Waals surface area (Å²) < 4.78 is 10.3. The van der Waals surface area contributed by atoms with E-state index in [-0.39, 0.29) is 6.61 Å². The lowest BCUT2D eigenvalue weighted by Crippen LogP contribution is -2.40. The molecule has 0 spiro atoms. The molecular formula is C18H18BNO5. The van der Waals surface area contributed by atoms with E-state index >= 15 is 0 Å². The van der Waals surface area contributed by atoms with Crippen molar-refractivity contribution < 1.29 is 24.0 Å². The molecule has 0 aliphatic carbocycles. The fourth-order valence-corrected chi connectivity index (χ4v) is 2.55. The summed E-state index contributed by atoms with van der Waals surface area (Å²) in [4.78, 5) is 24.3. The number of rotatable bonds is 5. The zero-order chi connectivity index (χ0) is 17.8. The average Bonchev–Trinajstić information content (AvgIpc) is 3.01. The van der Waals surface area contributed by atoms with Crippen molar-refractivity contribution in [3.05, 3.63) is 65.2 Å². The fourth-order valence-electron chi connectivity index (χ4n) is 2.55. The van der Waals surface area contributed by atoms with Crippen LogP contribution >= 0.6 is 0 Å². The third-order valence-corrected chi connectivity index (χ3v) is 4.00. The second kappa shape index (κ2) is 7.50. The third-order valence-electron chi connectivity index (χ3n) is 4.00. The molecule has 1 heterocycles. The molecule has 7 heteroatoms. The van der Waals surface area contributed by atoms with E-state index in [1.54, 1.807) is 25.1 Å². The lowest BCUT2D eigenvalue weighted by atomic mass is 9.79. The number of nitrogens with one attached hydrogen (secondary N) is 1. The molecule has 0 radical (unpaired) electrons. The Morgan fingerprint density at radius 1 is 1.28 bits per heavy atom. The minimum absolute atomic E-state index is 0.155. The van der Waals surface area contributed by atoms with Crippen molar-refractivity contribution in [1.29, 1.82) is 0 Å². The molecule has 3 rings (SSSR count). The van der Waals surface area contributed by atoms with Gasteiger partial charge in [0, 0.05) is 5.56 Å². The van der Waals surface area contributed by atoms with Crippen LogP contribution in [-0.2, 0) is 27.4 Å². The van der Waals surface area contributed by atoms with Crippen molar-refractivity contribution in [3.8, 4) is 0 Å². The highest BCUT2D eigenvalue weighted by Crippen LogP contribution is 2.11. The van der Waals surface area contributed by atoms with Gasteiger partial charge < -0.3 is 19.7 Å². The fraction of sp³-hybridized carbons (Fsp3) is 0.222. The van der Waals surface area contributed by atoms with Crippen molar-refractivity contribution in [2.45, 2.75) is 26.2 Å². The quantitative estimate of drug-likeness (QED) is 0.621. The summed E-state index contributed by atoms with van der Waals surface area (Å²) in [6, 6.07) is 13.5. The van der Waals surface area contributed by atoms with Gasteiger partial charge in [-0.15, -0.1) is 0 Å². The number of benzene rings is 2. The summed E-state index contributed by atoms with van der Waals surface area (Å²) in [5.41, 5.74) is 2.65. The molecule has 1 aliphatic heterocycles. The Balaban J connectivity index is 1.57. The molecule has 1 atom stereocenters. The SMILES string of the molecule is C[C@H](NC(=O)c1ccc2c(c1)B(O)OC2)C(=O)OCc1ccccc1. The molecule has 0 fully saturated rings. The van der Waals surface area contributed by atoms with Crippen LogP contribution in [0.3, 0.4) is 0 Å². The average molecular weight is 339 g/mol. The number of ether oxygens (including phenoxy) is 1. The highest BCUT2D eigenvalue weighted by molar-refractivity contribution is 6.61. The first-order chi connectivity index (χ1) is 12.0. The normalized spacial score (nSPS) is 13.9. The minimum atomic E-state index is -1.02. The molecule has 2 N–H and O–H groups in total. The molecule has 0 aromatic heterocycles. The first-order valence-electron chi connectivity index (χ1n) is 7.98. The minimum Gasteiger partial charge on any atom is -0.459 e. The van der Waals surface area contributed by atoms with Crippen molar-refractivity contribution in [2.75, 3.05) is 0 Å². The molecule has 0 saturated carbocycles. The Kier molecular flexibility index (Phi) is 5.16. The maximum Gasteiger partial charge on any atom is 0.491 e. The van der Waals surface area contributed by atoms with Gasteiger partial charge in [0.25, 0.3) is 5.91 Å². The molecule has 6 nitrogen and oxygen atoms in total. The van der Waals surface area contributed by atoms with E-state index in [0.717, 1.165) is 11.1 Å². The molecule has 1 aliphatic rings. The molecule has 0 saturated heterocycles. The Morgan fingerprint density at radius 2 is 2.04 bits per heavy atom. The Labute approximate surface area is 145 Å². The second-order valence-corrected chi connectivity index (χ2v) is 5.87. The van der Waals surface area contributed by atoms with Gasteiger partial charge in [-0.3, -0.25) is 4.79 Å². The van der Waals surface area contributed by atoms with Gasteiger partial charge in [-0.05, 0) is 35.6 Å². The Morgan fingerprint density at radius 3 is 2.80 bits per heavy atom. The molecule has 2 aromatic carbocycles. The van der Waals surface area contributed by atoms with E-state index in [0.29, 0.717) is 17.6 Å². The highest BCUT2D eigenvalue weighted by Gasteiger charge is 2.28. The van der Waals surface area contributed by atoms with E-state index in [1.807, 2.05) is 30.3 Å². The first-order valence-corrected chi connectivity index (χ1v) is 7.98. The van der Waals surface area contributed by atoms with Gasteiger partial charge in [0.15, 0.2) is 0 Å². The number of fused-ring (bicyclic) bond motifs is 1. The monoisotopic (exact) mass is 339 g/mol. The van der Waals surface area contributed by atoms with Crippen LogP contribution in [0.15, 0.2) is 48.5 Å². The summed E-state index contributed by atoms with van der Waals surface area (Å²) in [5, 5.41) is 12.3. The number of carbonyl (C=O) groups excluding carboxylic acids is 2. The molecular weight excluding hydrogens is 321 g/mol. The zero-order valence-electron chi connectivity index (χ0n) is 13.8. The molecule has 25 heavy (non-hydrogen) atoms. The van der Waals surface area contributed by atoms with E-state index in [9.17, 15) is 14.6 Å². The lowest BCUT2D eigenvalue weighted by molar-refractivity contribution is -0.146. The summed E-state index contributed by atoms with van der Waals surface area (Å²) in [5.74, 6) is -0.923. The number of hydrogen-bond donors (Lipinski definition) is 2. The summed E-state index contributed by atoms with van der Waals surface area (Å²) >= 11 is 0. The van der Waals surface area contributed by atoms with E-state index < -0.39 is 25.0 Å². The van der Waals surface area contributed by atoms with Gasteiger partial charge in [-0.1, -0.05) is 36.4 Å². The molecule has 0 bridgehead atoms. The van der Waals surface area contributed by atoms with Crippen LogP contribution in [0.1, 0.15) is 28.4 Å². The van der Waals surface area contributed by atoms with E-state index in [2.05, 4.69) is 5.32 Å². The summed E-state index contributed by atoms with van der Waals surface area (Å²) in [6.45, 7) is 2.04. The van der Waals surface area contributed by atoms with Crippen LogP contribution < -0.4 is 10.8 Å². The van der Waals surface area contributed by atoms with Gasteiger partial charge in [-0.2, -0.15) is 0 Å². The van der Waals surface area contributed by atoms with Gasteiger partial charge in [0.1, 0.15) is 12.6 Å². The Bertz CT molecular complexity index is 780. The highest BCUT2D eigenvalue weighted by atomic mass is 16.5. The van der Waals surface area contributed by atoms with E-state index in [1.165, 1.54) is 0 Å². The largest absolute Gasteiger partial charge is 0.491 e. The molecule has 128 valence electrons. The molecule has 2 aromatic rings. The van der Waals surface area contributed by atoms with Crippen LogP contribution in [-0.4, -0.2) is 30.1 Å². The summed E-state index contributed by atoms with van der Waals surface area (Å²) in [7, 11) is -1.02. The van der Waals surface area contributed by atoms with Crippen LogP contribution in [0, 0.1) is 0 Å². The third kappa shape index (κ3) is 4.07. The van der Waals surface area contributed by atoms with Crippen molar-refractivity contribution in [1.82, 2.24) is 5.32 Å². The predicted molar refractivity (Wildman–Crippen MR) is 92.0 cm³/mol. The van der Waals surface area contributed by atoms with Crippen LogP contribution in [0.2, 0.25) is 0 Å². The van der Waals surface area contributed by atoms with E-state index in [4.69, 9.17) is 9.39 Å². The first kappa shape index (κ1) is 17.2. The topological polar surface area (TPSA) is 84.9 Å². The second-order valence-electron chi connectivity index (χ2n) is 5.87. The number of hydrogen-bond acceptors (Lipinski definition) is 5. The van der Waals surface area contributed by atoms with Crippen molar-refractivity contribution in [3.63, 3.8) is 0 Å². The maximum absolute atomic E-state index is 12.3. The number of amides is 1. The number of esters is 1. The lowest BCUT2D eigenvalue weighted by Gasteiger charge is -2.14. The standard InChI is InChI=1S/C18H18BNO5/c1-12(18(22)24-10-13-5-3-2-4-6-13)20-17(21)14-7-8-15-11-25-19(23)16(15)9-14/h2-9,12,23H,10-11H2,1H3,(H,20,21)/t12-/m0/s1. The van der Waals surface area contributed by atoms with Crippen molar-refractivity contribution >= 4 is 24.5 Å². The smallest absolute Gasteiger partial charge is 0.459 e.